The lowest BCUT2D eigenvalue weighted by atomic mass is 10.3. The molecule has 0 aliphatic heterocycles. The van der Waals surface area contributed by atoms with Gasteiger partial charge in [-0.05, 0) is 48.5 Å². The fraction of sp³-hybridized carbons (Fsp3) is 0. The van der Waals surface area contributed by atoms with Gasteiger partial charge in [0.15, 0.2) is 0 Å². The van der Waals surface area contributed by atoms with Crippen LogP contribution in [0.4, 0.5) is 21.7 Å². The Balaban J connectivity index is 1.74. The normalized spacial score (nSPS) is 10.2. The predicted molar refractivity (Wildman–Crippen MR) is 93.8 cm³/mol. The number of rotatable bonds is 4. The summed E-state index contributed by atoms with van der Waals surface area (Å²) in [6.45, 7) is 0. The van der Waals surface area contributed by atoms with Crippen molar-refractivity contribution in [3.05, 3.63) is 76.8 Å². The second-order valence-corrected chi connectivity index (χ2v) is 5.78. The van der Waals surface area contributed by atoms with Crippen LogP contribution in [0.15, 0.2) is 65.3 Å². The van der Waals surface area contributed by atoms with Gasteiger partial charge in [-0.3, -0.25) is 4.79 Å². The van der Waals surface area contributed by atoms with E-state index in [1.165, 1.54) is 24.4 Å². The van der Waals surface area contributed by atoms with Crippen molar-refractivity contribution in [2.45, 2.75) is 0 Å². The first kappa shape index (κ1) is 16.1. The summed E-state index contributed by atoms with van der Waals surface area (Å²) in [5, 5.41) is 5.61. The van der Waals surface area contributed by atoms with Crippen molar-refractivity contribution >= 4 is 39.2 Å². The van der Waals surface area contributed by atoms with E-state index in [0.717, 1.165) is 4.47 Å². The zero-order chi connectivity index (χ0) is 16.9. The summed E-state index contributed by atoms with van der Waals surface area (Å²) in [4.78, 5) is 20.4. The third-order valence-electron chi connectivity index (χ3n) is 3.07. The summed E-state index contributed by atoms with van der Waals surface area (Å²) in [7, 11) is 0. The molecular weight excluding hydrogens is 375 g/mol. The second kappa shape index (κ2) is 7.18. The van der Waals surface area contributed by atoms with E-state index in [2.05, 4.69) is 36.5 Å². The molecule has 1 aromatic heterocycles. The average Bonchev–Trinajstić information content (AvgIpc) is 2.57. The molecule has 0 saturated carbocycles. The minimum Gasteiger partial charge on any atom is -0.324 e. The topological polar surface area (TPSA) is 66.9 Å². The molecule has 0 fully saturated rings. The Morgan fingerprint density at radius 1 is 1.04 bits per heavy atom. The van der Waals surface area contributed by atoms with Crippen molar-refractivity contribution in [1.29, 1.82) is 0 Å². The Hall–Kier alpha value is -2.80. The van der Waals surface area contributed by atoms with E-state index in [4.69, 9.17) is 0 Å². The summed E-state index contributed by atoms with van der Waals surface area (Å²) in [5.74, 6) is -0.518. The SMILES string of the molecule is O=C(Nc1ccc(Br)cc1)c1ccnc(Nc2cccc(F)c2)n1. The Labute approximate surface area is 146 Å². The molecule has 0 unspecified atom stereocenters. The van der Waals surface area contributed by atoms with Gasteiger partial charge in [0.2, 0.25) is 5.95 Å². The number of hydrogen-bond acceptors (Lipinski definition) is 4. The molecule has 2 N–H and O–H groups in total. The molecular formula is C17H12BrFN4O. The van der Waals surface area contributed by atoms with Gasteiger partial charge >= 0.3 is 0 Å². The first-order valence-electron chi connectivity index (χ1n) is 7.03. The van der Waals surface area contributed by atoms with Crippen LogP contribution in [0.1, 0.15) is 10.5 Å². The van der Waals surface area contributed by atoms with Crippen LogP contribution in [0, 0.1) is 5.82 Å². The first-order valence-corrected chi connectivity index (χ1v) is 7.82. The average molecular weight is 387 g/mol. The van der Waals surface area contributed by atoms with Gasteiger partial charge in [0.1, 0.15) is 11.5 Å². The zero-order valence-corrected chi connectivity index (χ0v) is 13.9. The highest BCUT2D eigenvalue weighted by atomic mass is 79.9. The number of hydrogen-bond donors (Lipinski definition) is 2. The van der Waals surface area contributed by atoms with Crippen molar-refractivity contribution in [1.82, 2.24) is 9.97 Å². The van der Waals surface area contributed by atoms with Crippen LogP contribution >= 0.6 is 15.9 Å². The number of aromatic nitrogens is 2. The highest BCUT2D eigenvalue weighted by Gasteiger charge is 2.09. The van der Waals surface area contributed by atoms with Gasteiger partial charge in [-0.2, -0.15) is 0 Å². The standard InChI is InChI=1S/C17H12BrFN4O/c18-11-4-6-13(7-5-11)21-16(24)15-8-9-20-17(23-15)22-14-3-1-2-12(19)10-14/h1-10H,(H,21,24)(H,20,22,23). The Kier molecular flexibility index (Phi) is 4.81. The predicted octanol–water partition coefficient (Wildman–Crippen LogP) is 4.37. The van der Waals surface area contributed by atoms with Crippen molar-refractivity contribution < 1.29 is 9.18 Å². The van der Waals surface area contributed by atoms with Gasteiger partial charge in [-0.25, -0.2) is 14.4 Å². The largest absolute Gasteiger partial charge is 0.324 e. The summed E-state index contributed by atoms with van der Waals surface area (Å²) >= 11 is 3.33. The first-order chi connectivity index (χ1) is 11.6. The molecule has 0 atom stereocenters. The molecule has 24 heavy (non-hydrogen) atoms. The molecule has 0 aliphatic carbocycles. The Bertz CT molecular complexity index is 870. The van der Waals surface area contributed by atoms with E-state index in [1.54, 1.807) is 24.3 Å². The minimum atomic E-state index is -0.371. The summed E-state index contributed by atoms with van der Waals surface area (Å²) < 4.78 is 14.1. The molecule has 0 saturated heterocycles. The maximum Gasteiger partial charge on any atom is 0.274 e. The van der Waals surface area contributed by atoms with Gasteiger partial charge < -0.3 is 10.6 Å². The third kappa shape index (κ3) is 4.14. The van der Waals surface area contributed by atoms with E-state index >= 15 is 0 Å². The van der Waals surface area contributed by atoms with E-state index in [-0.39, 0.29) is 23.4 Å². The zero-order valence-electron chi connectivity index (χ0n) is 12.3. The van der Waals surface area contributed by atoms with Crippen molar-refractivity contribution in [3.63, 3.8) is 0 Å². The maximum atomic E-state index is 13.2. The van der Waals surface area contributed by atoms with Crippen LogP contribution in [0.2, 0.25) is 0 Å². The lowest BCUT2D eigenvalue weighted by Gasteiger charge is -2.07. The molecule has 7 heteroatoms. The molecule has 0 radical (unpaired) electrons. The molecule has 3 rings (SSSR count). The fourth-order valence-electron chi connectivity index (χ4n) is 1.97. The molecule has 1 amide bonds. The van der Waals surface area contributed by atoms with E-state index in [9.17, 15) is 9.18 Å². The highest BCUT2D eigenvalue weighted by Crippen LogP contribution is 2.16. The number of halogens is 2. The number of benzene rings is 2. The monoisotopic (exact) mass is 386 g/mol. The van der Waals surface area contributed by atoms with Crippen LogP contribution in [0.3, 0.4) is 0 Å². The van der Waals surface area contributed by atoms with E-state index < -0.39 is 0 Å². The summed E-state index contributed by atoms with van der Waals surface area (Å²) in [6, 6.07) is 14.6. The maximum absolute atomic E-state index is 13.2. The molecule has 1 heterocycles. The third-order valence-corrected chi connectivity index (χ3v) is 3.60. The highest BCUT2D eigenvalue weighted by molar-refractivity contribution is 9.10. The van der Waals surface area contributed by atoms with Crippen LogP contribution < -0.4 is 10.6 Å². The molecule has 0 aliphatic rings. The number of nitrogens with one attached hydrogen (secondary N) is 2. The molecule has 2 aromatic carbocycles. The van der Waals surface area contributed by atoms with Gasteiger partial charge in [-0.1, -0.05) is 22.0 Å². The quantitative estimate of drug-likeness (QED) is 0.698. The van der Waals surface area contributed by atoms with E-state index in [1.807, 2.05) is 12.1 Å². The van der Waals surface area contributed by atoms with Crippen LogP contribution in [-0.4, -0.2) is 15.9 Å². The van der Waals surface area contributed by atoms with Gasteiger partial charge in [0, 0.05) is 22.0 Å². The lowest BCUT2D eigenvalue weighted by molar-refractivity contribution is 0.102. The molecule has 3 aromatic rings. The van der Waals surface area contributed by atoms with Gasteiger partial charge in [0.25, 0.3) is 5.91 Å². The van der Waals surface area contributed by atoms with Crippen LogP contribution in [0.25, 0.3) is 0 Å². The number of anilines is 3. The number of nitrogens with zero attached hydrogens (tertiary/aromatic N) is 2. The fourth-order valence-corrected chi connectivity index (χ4v) is 2.23. The van der Waals surface area contributed by atoms with Gasteiger partial charge in [-0.15, -0.1) is 0 Å². The number of carbonyl (C=O) groups excluding carboxylic acids is 1. The smallest absolute Gasteiger partial charge is 0.274 e. The summed E-state index contributed by atoms with van der Waals surface area (Å²) in [6.07, 6.45) is 1.46. The van der Waals surface area contributed by atoms with Crippen molar-refractivity contribution in [2.75, 3.05) is 10.6 Å². The minimum absolute atomic E-state index is 0.201. The molecule has 120 valence electrons. The van der Waals surface area contributed by atoms with Crippen LogP contribution in [-0.2, 0) is 0 Å². The van der Waals surface area contributed by atoms with Gasteiger partial charge in [0.05, 0.1) is 0 Å². The number of amides is 1. The molecule has 0 spiro atoms. The Morgan fingerprint density at radius 3 is 2.58 bits per heavy atom. The summed E-state index contributed by atoms with van der Waals surface area (Å²) in [5.41, 5.74) is 1.36. The number of carbonyl (C=O) groups is 1. The van der Waals surface area contributed by atoms with Crippen molar-refractivity contribution in [2.24, 2.45) is 0 Å². The second-order valence-electron chi connectivity index (χ2n) is 4.86. The van der Waals surface area contributed by atoms with Crippen molar-refractivity contribution in [3.8, 4) is 0 Å². The van der Waals surface area contributed by atoms with E-state index in [0.29, 0.717) is 11.4 Å². The molecule has 5 nitrogen and oxygen atoms in total. The Morgan fingerprint density at radius 2 is 1.83 bits per heavy atom. The lowest BCUT2D eigenvalue weighted by Crippen LogP contribution is -2.14. The van der Waals surface area contributed by atoms with Crippen LogP contribution in [0.5, 0.6) is 0 Å². The molecule has 0 bridgehead atoms.